The highest BCUT2D eigenvalue weighted by Crippen LogP contribution is 2.15. The standard InChI is InChI=1S/C8H13F3N2O4/c1-4(14)5(6(15)16)12-7(17)13(2)3-8(9,10)11/h4-5,14H,3H2,1-2H3,(H,12,17)(H,15,16)/t4-,5+/m1/s1. The molecular weight excluding hydrogens is 245 g/mol. The van der Waals surface area contributed by atoms with Gasteiger partial charge in [0.2, 0.25) is 0 Å². The molecule has 0 fully saturated rings. The molecule has 6 nitrogen and oxygen atoms in total. The lowest BCUT2D eigenvalue weighted by Gasteiger charge is -2.23. The third-order valence-electron chi connectivity index (χ3n) is 1.79. The minimum atomic E-state index is -4.57. The first-order chi connectivity index (χ1) is 7.54. The van der Waals surface area contributed by atoms with E-state index in [9.17, 15) is 22.8 Å². The molecule has 0 radical (unpaired) electrons. The SMILES string of the molecule is C[C@@H](O)[C@H](NC(=O)N(C)CC(F)(F)F)C(=O)O. The van der Waals surface area contributed by atoms with E-state index in [1.165, 1.54) is 0 Å². The summed E-state index contributed by atoms with van der Waals surface area (Å²) in [6.07, 6.45) is -5.99. The van der Waals surface area contributed by atoms with Crippen molar-refractivity contribution in [2.75, 3.05) is 13.6 Å². The molecule has 9 heteroatoms. The monoisotopic (exact) mass is 258 g/mol. The van der Waals surface area contributed by atoms with Crippen LogP contribution >= 0.6 is 0 Å². The first kappa shape index (κ1) is 15.5. The number of rotatable bonds is 4. The van der Waals surface area contributed by atoms with Crippen LogP contribution in [0.15, 0.2) is 0 Å². The van der Waals surface area contributed by atoms with Crippen LogP contribution in [0.25, 0.3) is 0 Å². The summed E-state index contributed by atoms with van der Waals surface area (Å²) in [5, 5.41) is 19.4. The Morgan fingerprint density at radius 3 is 2.18 bits per heavy atom. The summed E-state index contributed by atoms with van der Waals surface area (Å²) in [5.74, 6) is -1.53. The lowest BCUT2D eigenvalue weighted by Crippen LogP contribution is -2.52. The molecule has 0 heterocycles. The number of hydrogen-bond donors (Lipinski definition) is 3. The number of urea groups is 1. The first-order valence-corrected chi connectivity index (χ1v) is 4.54. The van der Waals surface area contributed by atoms with Crippen molar-refractivity contribution in [3.8, 4) is 0 Å². The van der Waals surface area contributed by atoms with E-state index in [0.29, 0.717) is 0 Å². The van der Waals surface area contributed by atoms with Gasteiger partial charge in [-0.25, -0.2) is 9.59 Å². The van der Waals surface area contributed by atoms with Gasteiger partial charge in [-0.15, -0.1) is 0 Å². The second-order valence-electron chi connectivity index (χ2n) is 3.48. The van der Waals surface area contributed by atoms with Gasteiger partial charge in [-0.1, -0.05) is 0 Å². The minimum Gasteiger partial charge on any atom is -0.480 e. The van der Waals surface area contributed by atoms with Crippen molar-refractivity contribution in [2.24, 2.45) is 0 Å². The van der Waals surface area contributed by atoms with Gasteiger partial charge in [0.15, 0.2) is 6.04 Å². The van der Waals surface area contributed by atoms with E-state index in [4.69, 9.17) is 10.2 Å². The van der Waals surface area contributed by atoms with Crippen LogP contribution in [-0.2, 0) is 4.79 Å². The number of nitrogens with zero attached hydrogens (tertiary/aromatic N) is 1. The second kappa shape index (κ2) is 5.71. The quantitative estimate of drug-likeness (QED) is 0.663. The van der Waals surface area contributed by atoms with Crippen molar-refractivity contribution in [1.29, 1.82) is 0 Å². The molecular formula is C8H13F3N2O4. The fourth-order valence-electron chi connectivity index (χ4n) is 0.973. The molecule has 0 aliphatic heterocycles. The number of carbonyl (C=O) groups excluding carboxylic acids is 1. The van der Waals surface area contributed by atoms with Gasteiger partial charge in [0, 0.05) is 7.05 Å². The third-order valence-corrected chi connectivity index (χ3v) is 1.79. The Bertz CT molecular complexity index is 293. The summed E-state index contributed by atoms with van der Waals surface area (Å²) in [4.78, 5) is 22.0. The van der Waals surface area contributed by atoms with Crippen LogP contribution in [0.1, 0.15) is 6.92 Å². The average Bonchev–Trinajstić information content (AvgIpc) is 2.09. The summed E-state index contributed by atoms with van der Waals surface area (Å²) < 4.78 is 35.8. The van der Waals surface area contributed by atoms with Gasteiger partial charge >= 0.3 is 18.2 Å². The summed E-state index contributed by atoms with van der Waals surface area (Å²) in [6, 6.07) is -2.88. The van der Waals surface area contributed by atoms with E-state index < -0.39 is 36.9 Å². The molecule has 0 unspecified atom stereocenters. The van der Waals surface area contributed by atoms with Crippen molar-refractivity contribution < 1.29 is 33.0 Å². The van der Waals surface area contributed by atoms with Crippen LogP contribution in [0.3, 0.4) is 0 Å². The van der Waals surface area contributed by atoms with Crippen molar-refractivity contribution in [3.05, 3.63) is 0 Å². The van der Waals surface area contributed by atoms with Crippen LogP contribution in [0.2, 0.25) is 0 Å². The van der Waals surface area contributed by atoms with Gasteiger partial charge in [-0.05, 0) is 6.92 Å². The molecule has 0 saturated carbocycles. The first-order valence-electron chi connectivity index (χ1n) is 4.54. The smallest absolute Gasteiger partial charge is 0.406 e. The molecule has 2 atom stereocenters. The number of aliphatic carboxylic acids is 1. The molecule has 2 amide bonds. The summed E-state index contributed by atoms with van der Waals surface area (Å²) >= 11 is 0. The predicted molar refractivity (Wildman–Crippen MR) is 50.3 cm³/mol. The van der Waals surface area contributed by atoms with E-state index in [2.05, 4.69) is 0 Å². The number of carboxylic acid groups (broad SMARTS) is 1. The van der Waals surface area contributed by atoms with E-state index in [0.717, 1.165) is 14.0 Å². The fourth-order valence-corrected chi connectivity index (χ4v) is 0.973. The second-order valence-corrected chi connectivity index (χ2v) is 3.48. The molecule has 0 aromatic heterocycles. The Labute approximate surface area is 95.0 Å². The predicted octanol–water partition coefficient (Wildman–Crippen LogP) is 0.0241. The summed E-state index contributed by atoms with van der Waals surface area (Å²) in [7, 11) is 0.865. The number of aliphatic hydroxyl groups excluding tert-OH is 1. The largest absolute Gasteiger partial charge is 0.480 e. The Morgan fingerprint density at radius 1 is 1.41 bits per heavy atom. The minimum absolute atomic E-state index is 0.276. The molecule has 3 N–H and O–H groups in total. The van der Waals surface area contributed by atoms with Crippen molar-refractivity contribution in [1.82, 2.24) is 10.2 Å². The number of aliphatic hydroxyl groups is 1. The highest BCUT2D eigenvalue weighted by molar-refractivity contribution is 5.82. The number of halogens is 3. The molecule has 0 saturated heterocycles. The zero-order valence-electron chi connectivity index (χ0n) is 9.15. The molecule has 17 heavy (non-hydrogen) atoms. The molecule has 0 aromatic rings. The molecule has 0 aromatic carbocycles. The number of carbonyl (C=O) groups is 2. The normalized spacial score (nSPS) is 14.9. The van der Waals surface area contributed by atoms with Crippen LogP contribution in [0.5, 0.6) is 0 Å². The number of hydrogen-bond acceptors (Lipinski definition) is 3. The molecule has 0 aliphatic carbocycles. The molecule has 100 valence electrons. The number of alkyl halides is 3. The van der Waals surface area contributed by atoms with Gasteiger partial charge in [-0.2, -0.15) is 13.2 Å². The zero-order chi connectivity index (χ0) is 13.8. The zero-order valence-corrected chi connectivity index (χ0v) is 9.15. The molecule has 0 aliphatic rings. The molecule has 0 bridgehead atoms. The van der Waals surface area contributed by atoms with Gasteiger partial charge < -0.3 is 20.4 Å². The van der Waals surface area contributed by atoms with E-state index in [1.54, 1.807) is 5.32 Å². The van der Waals surface area contributed by atoms with E-state index in [1.807, 2.05) is 0 Å². The van der Waals surface area contributed by atoms with Crippen LogP contribution in [0.4, 0.5) is 18.0 Å². The lowest BCUT2D eigenvalue weighted by molar-refractivity contribution is -0.142. The van der Waals surface area contributed by atoms with Gasteiger partial charge in [0.1, 0.15) is 6.54 Å². The number of amides is 2. The fraction of sp³-hybridized carbons (Fsp3) is 0.750. The number of nitrogens with one attached hydrogen (secondary N) is 1. The van der Waals surface area contributed by atoms with Gasteiger partial charge in [-0.3, -0.25) is 0 Å². The summed E-state index contributed by atoms with van der Waals surface area (Å²) in [6.45, 7) is -0.409. The third kappa shape index (κ3) is 5.95. The van der Waals surface area contributed by atoms with Crippen LogP contribution < -0.4 is 5.32 Å². The molecule has 0 spiro atoms. The average molecular weight is 258 g/mol. The van der Waals surface area contributed by atoms with Crippen LogP contribution in [0, 0.1) is 0 Å². The van der Waals surface area contributed by atoms with Crippen molar-refractivity contribution >= 4 is 12.0 Å². The number of carboxylic acids is 1. The Hall–Kier alpha value is -1.51. The highest BCUT2D eigenvalue weighted by Gasteiger charge is 2.33. The van der Waals surface area contributed by atoms with Gasteiger partial charge in [0.05, 0.1) is 6.10 Å². The molecule has 0 rings (SSSR count). The maximum absolute atomic E-state index is 11.9. The Balaban J connectivity index is 4.47. The topological polar surface area (TPSA) is 89.9 Å². The van der Waals surface area contributed by atoms with Crippen LogP contribution in [-0.4, -0.2) is 59.0 Å². The van der Waals surface area contributed by atoms with Crippen molar-refractivity contribution in [2.45, 2.75) is 25.2 Å². The van der Waals surface area contributed by atoms with Crippen molar-refractivity contribution in [3.63, 3.8) is 0 Å². The maximum atomic E-state index is 11.9. The maximum Gasteiger partial charge on any atom is 0.406 e. The van der Waals surface area contributed by atoms with Gasteiger partial charge in [0.25, 0.3) is 0 Å². The Kier molecular flexibility index (Phi) is 5.20. The lowest BCUT2D eigenvalue weighted by atomic mass is 10.2. The summed E-state index contributed by atoms with van der Waals surface area (Å²) in [5.41, 5.74) is 0. The Morgan fingerprint density at radius 2 is 1.88 bits per heavy atom. The highest BCUT2D eigenvalue weighted by atomic mass is 19.4. The van der Waals surface area contributed by atoms with E-state index in [-0.39, 0.29) is 4.90 Å². The van der Waals surface area contributed by atoms with E-state index >= 15 is 0 Å².